The Morgan fingerprint density at radius 3 is 2.47 bits per heavy atom. The number of amides is 1. The summed E-state index contributed by atoms with van der Waals surface area (Å²) < 4.78 is 55.4. The molecular weight excluding hydrogens is 501 g/mol. The summed E-state index contributed by atoms with van der Waals surface area (Å²) in [5.74, 6) is -0.724. The Labute approximate surface area is 207 Å². The van der Waals surface area contributed by atoms with Crippen molar-refractivity contribution in [2.75, 3.05) is 18.0 Å². The van der Waals surface area contributed by atoms with Gasteiger partial charge in [0, 0.05) is 24.7 Å². The smallest absolute Gasteiger partial charge is 0.444 e. The van der Waals surface area contributed by atoms with Crippen LogP contribution in [-0.4, -0.2) is 64.4 Å². The molecule has 1 amide bonds. The molecular formula is C23H23F3N4O5S. The van der Waals surface area contributed by atoms with Crippen LogP contribution in [0.2, 0.25) is 0 Å². The second-order valence-electron chi connectivity index (χ2n) is 9.70. The van der Waals surface area contributed by atoms with Crippen LogP contribution in [0.4, 0.5) is 24.0 Å². The third-order valence-corrected chi connectivity index (χ3v) is 6.81. The highest BCUT2D eigenvalue weighted by molar-refractivity contribution is 7.13. The first-order valence-electron chi connectivity index (χ1n) is 11.3. The fourth-order valence-corrected chi connectivity index (χ4v) is 5.35. The van der Waals surface area contributed by atoms with Crippen molar-refractivity contribution >= 4 is 40.8 Å². The summed E-state index contributed by atoms with van der Waals surface area (Å²) in [6, 6.07) is 1.01. The third kappa shape index (κ3) is 4.59. The van der Waals surface area contributed by atoms with Crippen LogP contribution in [0.5, 0.6) is 5.75 Å². The molecule has 5 rings (SSSR count). The molecule has 9 nitrogen and oxygen atoms in total. The van der Waals surface area contributed by atoms with E-state index in [0.29, 0.717) is 23.7 Å². The highest BCUT2D eigenvalue weighted by atomic mass is 32.1. The molecule has 192 valence electrons. The molecule has 0 spiro atoms. The van der Waals surface area contributed by atoms with Gasteiger partial charge in [0.15, 0.2) is 23.1 Å². The molecule has 0 radical (unpaired) electrons. The molecule has 4 heterocycles. The molecule has 2 aliphatic heterocycles. The molecule has 2 saturated heterocycles. The lowest BCUT2D eigenvalue weighted by Crippen LogP contribution is -2.56. The quantitative estimate of drug-likeness (QED) is 0.427. The first kappa shape index (κ1) is 24.3. The van der Waals surface area contributed by atoms with E-state index in [4.69, 9.17) is 9.15 Å². The number of aromatic nitrogens is 2. The van der Waals surface area contributed by atoms with Gasteiger partial charge in [-0.1, -0.05) is 0 Å². The molecule has 2 fully saturated rings. The van der Waals surface area contributed by atoms with E-state index in [1.165, 1.54) is 23.6 Å². The van der Waals surface area contributed by atoms with Crippen LogP contribution in [0.15, 0.2) is 22.1 Å². The van der Waals surface area contributed by atoms with Crippen molar-refractivity contribution in [3.05, 3.63) is 23.2 Å². The van der Waals surface area contributed by atoms with Gasteiger partial charge in [-0.25, -0.2) is 9.78 Å². The van der Waals surface area contributed by atoms with Crippen LogP contribution >= 0.6 is 11.3 Å². The highest BCUT2D eigenvalue weighted by Gasteiger charge is 2.45. The number of carbonyl (C=O) groups excluding carboxylic acids is 2. The Bertz CT molecular complexity index is 1290. The Hall–Kier alpha value is -3.35. The lowest BCUT2D eigenvalue weighted by molar-refractivity contribution is -0.274. The summed E-state index contributed by atoms with van der Waals surface area (Å²) in [5, 5.41) is 2.16. The van der Waals surface area contributed by atoms with Crippen LogP contribution in [0.25, 0.3) is 21.7 Å². The number of piperazine rings is 1. The first-order chi connectivity index (χ1) is 16.9. The number of benzene rings is 1. The van der Waals surface area contributed by atoms with E-state index in [1.54, 1.807) is 36.0 Å². The zero-order valence-electron chi connectivity index (χ0n) is 19.7. The number of hydrogen-bond acceptors (Lipinski definition) is 9. The van der Waals surface area contributed by atoms with E-state index in [0.717, 1.165) is 12.8 Å². The number of thiazole rings is 1. The first-order valence-corrected chi connectivity index (χ1v) is 12.2. The summed E-state index contributed by atoms with van der Waals surface area (Å²) in [6.45, 7) is 6.14. The number of rotatable bonds is 4. The zero-order chi connectivity index (χ0) is 25.8. The molecule has 3 aromatic rings. The Balaban J connectivity index is 1.53. The molecule has 36 heavy (non-hydrogen) atoms. The van der Waals surface area contributed by atoms with E-state index in [2.05, 4.69) is 14.7 Å². The Morgan fingerprint density at radius 2 is 1.92 bits per heavy atom. The zero-order valence-corrected chi connectivity index (χ0v) is 20.5. The molecule has 1 aromatic carbocycles. The lowest BCUT2D eigenvalue weighted by Gasteiger charge is -2.40. The average molecular weight is 525 g/mol. The SMILES string of the molecule is CC(C)(C)OC(=O)N1C2CCC1CN(c1nc3c(OC(F)(F)F)c(C=O)cc(-c4nccs4)c3o1)C2. The van der Waals surface area contributed by atoms with Crippen LogP contribution < -0.4 is 9.64 Å². The van der Waals surface area contributed by atoms with Crippen molar-refractivity contribution < 1.29 is 36.7 Å². The maximum atomic E-state index is 13.2. The average Bonchev–Trinajstić information content (AvgIpc) is 3.50. The minimum Gasteiger partial charge on any atom is -0.444 e. The van der Waals surface area contributed by atoms with E-state index in [1.807, 2.05) is 0 Å². The fraction of sp³-hybridized carbons (Fsp3) is 0.478. The van der Waals surface area contributed by atoms with Gasteiger partial charge in [0.25, 0.3) is 6.01 Å². The number of hydrogen-bond donors (Lipinski definition) is 0. The maximum Gasteiger partial charge on any atom is 0.573 e. The minimum absolute atomic E-state index is 0.0340. The summed E-state index contributed by atoms with van der Waals surface area (Å²) in [4.78, 5) is 36.5. The predicted octanol–water partition coefficient (Wildman–Crippen LogP) is 5.25. The van der Waals surface area contributed by atoms with Crippen molar-refractivity contribution in [1.82, 2.24) is 14.9 Å². The number of nitrogens with zero attached hydrogens (tertiary/aromatic N) is 4. The van der Waals surface area contributed by atoms with E-state index < -0.39 is 23.8 Å². The highest BCUT2D eigenvalue weighted by Crippen LogP contribution is 2.42. The van der Waals surface area contributed by atoms with Crippen molar-refractivity contribution in [2.24, 2.45) is 0 Å². The topological polar surface area (TPSA) is 98.0 Å². The summed E-state index contributed by atoms with van der Waals surface area (Å²) in [6.07, 6.45) is -2.10. The molecule has 2 aromatic heterocycles. The van der Waals surface area contributed by atoms with Crippen molar-refractivity contribution in [2.45, 2.75) is 57.7 Å². The van der Waals surface area contributed by atoms with Crippen molar-refractivity contribution in [1.29, 1.82) is 0 Å². The maximum absolute atomic E-state index is 13.2. The van der Waals surface area contributed by atoms with Crippen LogP contribution in [0.1, 0.15) is 44.0 Å². The third-order valence-electron chi connectivity index (χ3n) is 6.00. The number of ether oxygens (including phenoxy) is 2. The van der Waals surface area contributed by atoms with Crippen LogP contribution in [0, 0.1) is 0 Å². The predicted molar refractivity (Wildman–Crippen MR) is 124 cm³/mol. The fourth-order valence-electron chi connectivity index (χ4n) is 4.70. The van der Waals surface area contributed by atoms with Gasteiger partial charge < -0.3 is 18.8 Å². The van der Waals surface area contributed by atoms with Crippen LogP contribution in [0.3, 0.4) is 0 Å². The number of alkyl halides is 3. The molecule has 2 atom stereocenters. The van der Waals surface area contributed by atoms with Gasteiger partial charge in [0.1, 0.15) is 10.6 Å². The molecule has 2 bridgehead atoms. The van der Waals surface area contributed by atoms with E-state index in [9.17, 15) is 22.8 Å². The number of halogens is 3. The molecule has 2 aliphatic rings. The van der Waals surface area contributed by atoms with Gasteiger partial charge in [0.2, 0.25) is 0 Å². The molecule has 2 unspecified atom stereocenters. The second-order valence-corrected chi connectivity index (χ2v) is 10.6. The largest absolute Gasteiger partial charge is 0.573 e. The summed E-state index contributed by atoms with van der Waals surface area (Å²) >= 11 is 1.24. The number of fused-ring (bicyclic) bond motifs is 3. The van der Waals surface area contributed by atoms with Gasteiger partial charge in [0.05, 0.1) is 23.2 Å². The van der Waals surface area contributed by atoms with Gasteiger partial charge in [-0.2, -0.15) is 4.98 Å². The molecule has 0 N–H and O–H groups in total. The number of oxazole rings is 1. The molecule has 0 aliphatic carbocycles. The second kappa shape index (κ2) is 8.64. The standard InChI is InChI=1S/C23H23F3N4O5S/c1-22(2,3)35-21(32)30-13-4-5-14(30)10-29(9-13)20-28-16-17(34-23(24,25)26)12(11-31)8-15(18(16)33-20)19-27-6-7-36-19/h6-8,11,13-14H,4-5,9-10H2,1-3H3. The van der Waals surface area contributed by atoms with Gasteiger partial charge >= 0.3 is 12.5 Å². The van der Waals surface area contributed by atoms with Gasteiger partial charge in [-0.15, -0.1) is 24.5 Å². The van der Waals surface area contributed by atoms with Crippen molar-refractivity contribution in [3.8, 4) is 16.3 Å². The normalized spacial score (nSPS) is 20.2. The lowest BCUT2D eigenvalue weighted by atomic mass is 10.1. The Morgan fingerprint density at radius 1 is 1.22 bits per heavy atom. The molecule has 0 saturated carbocycles. The summed E-state index contributed by atoms with van der Waals surface area (Å²) in [5.41, 5.74) is -0.804. The number of carbonyl (C=O) groups is 2. The number of aldehydes is 1. The summed E-state index contributed by atoms with van der Waals surface area (Å²) in [7, 11) is 0. The van der Waals surface area contributed by atoms with Gasteiger partial charge in [-0.3, -0.25) is 9.69 Å². The Kier molecular flexibility index (Phi) is 5.85. The molecule has 13 heteroatoms. The van der Waals surface area contributed by atoms with Gasteiger partial charge in [-0.05, 0) is 39.7 Å². The minimum atomic E-state index is -5.04. The van der Waals surface area contributed by atoms with Crippen molar-refractivity contribution in [3.63, 3.8) is 0 Å². The number of anilines is 1. The van der Waals surface area contributed by atoms with E-state index in [-0.39, 0.29) is 41.0 Å². The van der Waals surface area contributed by atoms with Crippen LogP contribution in [-0.2, 0) is 4.74 Å². The van der Waals surface area contributed by atoms with E-state index >= 15 is 0 Å². The monoisotopic (exact) mass is 524 g/mol.